The van der Waals surface area contributed by atoms with Crippen LogP contribution >= 0.6 is 0 Å². The minimum absolute atomic E-state index is 0.447. The highest BCUT2D eigenvalue weighted by Crippen LogP contribution is 2.39. The molecule has 4 rings (SSSR count). The van der Waals surface area contributed by atoms with Gasteiger partial charge < -0.3 is 5.11 Å². The first kappa shape index (κ1) is 19.4. The molecule has 3 aromatic rings. The van der Waals surface area contributed by atoms with Crippen molar-refractivity contribution in [2.24, 2.45) is 0 Å². The van der Waals surface area contributed by atoms with Crippen molar-refractivity contribution in [1.29, 1.82) is 0 Å². The number of fused-ring (bicyclic) bond motifs is 3. The van der Waals surface area contributed by atoms with Crippen LogP contribution in [0.25, 0.3) is 11.3 Å². The van der Waals surface area contributed by atoms with Crippen molar-refractivity contribution in [2.45, 2.75) is 6.42 Å². The van der Waals surface area contributed by atoms with Gasteiger partial charge in [-0.1, -0.05) is 30.3 Å². The second kappa shape index (κ2) is 7.68. The Hall–Kier alpha value is -4.41. The summed E-state index contributed by atoms with van der Waals surface area (Å²) in [6.07, 6.45) is 2.90. The van der Waals surface area contributed by atoms with Crippen molar-refractivity contribution in [1.82, 2.24) is 4.98 Å². The van der Waals surface area contributed by atoms with Crippen LogP contribution in [0, 0.1) is 30.3 Å². The third kappa shape index (κ3) is 3.83. The molecule has 0 fully saturated rings. The Morgan fingerprint density at radius 3 is 2.00 bits per heavy atom. The van der Waals surface area contributed by atoms with Gasteiger partial charge in [-0.25, -0.2) is 0 Å². The second-order valence-electron chi connectivity index (χ2n) is 5.95. The Morgan fingerprint density at radius 2 is 1.41 bits per heavy atom. The Kier molecular flexibility index (Phi) is 5.13. The Morgan fingerprint density at radius 1 is 0.828 bits per heavy atom. The van der Waals surface area contributed by atoms with Gasteiger partial charge in [0.25, 0.3) is 11.4 Å². The SMILES string of the molecule is O=[N+]([O-])c1cc([N+](=O)[O-])c(O)c([N+](=O)[O-])c1.c1ccc2c(c1)Cc1cccnc1-2. The van der Waals surface area contributed by atoms with Gasteiger partial charge in [0.2, 0.25) is 0 Å². The minimum atomic E-state index is -1.21. The van der Waals surface area contributed by atoms with Gasteiger partial charge in [0.05, 0.1) is 32.6 Å². The van der Waals surface area contributed by atoms with Crippen LogP contribution in [0.5, 0.6) is 5.75 Å². The Bertz CT molecular complexity index is 1070. The molecule has 0 saturated heterocycles. The number of phenolic OH excluding ortho intramolecular Hbond substituents is 1. The van der Waals surface area contributed by atoms with Crippen LogP contribution in [-0.4, -0.2) is 24.9 Å². The van der Waals surface area contributed by atoms with E-state index in [2.05, 4.69) is 35.3 Å². The molecular formula is C18H12N4O7. The number of nitro groups is 3. The number of non-ortho nitro benzene ring substituents is 1. The Labute approximate surface area is 162 Å². The minimum Gasteiger partial charge on any atom is -0.497 e. The van der Waals surface area contributed by atoms with Crippen LogP contribution in [0.3, 0.4) is 0 Å². The number of nitro benzene ring substituents is 3. The lowest BCUT2D eigenvalue weighted by molar-refractivity contribution is -0.404. The largest absolute Gasteiger partial charge is 0.497 e. The molecule has 1 aliphatic rings. The average molecular weight is 396 g/mol. The van der Waals surface area contributed by atoms with Crippen molar-refractivity contribution < 1.29 is 19.9 Å². The van der Waals surface area contributed by atoms with Crippen molar-refractivity contribution >= 4 is 17.1 Å². The van der Waals surface area contributed by atoms with E-state index in [9.17, 15) is 30.3 Å². The zero-order chi connectivity index (χ0) is 21.1. The molecule has 0 aliphatic heterocycles. The molecule has 29 heavy (non-hydrogen) atoms. The van der Waals surface area contributed by atoms with E-state index in [-0.39, 0.29) is 0 Å². The summed E-state index contributed by atoms with van der Waals surface area (Å²) in [5.74, 6) is -1.21. The van der Waals surface area contributed by atoms with E-state index in [0.717, 1.165) is 12.1 Å². The number of phenols is 1. The quantitative estimate of drug-likeness (QED) is 0.404. The first-order valence-electron chi connectivity index (χ1n) is 8.12. The smallest absolute Gasteiger partial charge is 0.324 e. The van der Waals surface area contributed by atoms with Crippen molar-refractivity contribution in [3.8, 4) is 17.0 Å². The molecule has 1 aromatic heterocycles. The van der Waals surface area contributed by atoms with Crippen LogP contribution in [0.15, 0.2) is 54.7 Å². The van der Waals surface area contributed by atoms with Crippen LogP contribution in [0.1, 0.15) is 11.1 Å². The number of benzene rings is 2. The van der Waals surface area contributed by atoms with E-state index in [1.165, 1.54) is 16.7 Å². The van der Waals surface area contributed by atoms with E-state index in [4.69, 9.17) is 5.11 Å². The highest BCUT2D eigenvalue weighted by molar-refractivity contribution is 5.73. The van der Waals surface area contributed by atoms with Crippen LogP contribution < -0.4 is 0 Å². The molecule has 0 bridgehead atoms. The number of pyridine rings is 1. The second-order valence-corrected chi connectivity index (χ2v) is 5.95. The fourth-order valence-corrected chi connectivity index (χ4v) is 2.91. The van der Waals surface area contributed by atoms with Gasteiger partial charge in [-0.3, -0.25) is 35.3 Å². The fraction of sp³-hybridized carbons (Fsp3) is 0.0556. The van der Waals surface area contributed by atoms with Crippen LogP contribution in [-0.2, 0) is 6.42 Å². The van der Waals surface area contributed by atoms with Gasteiger partial charge >= 0.3 is 11.4 Å². The lowest BCUT2D eigenvalue weighted by Crippen LogP contribution is -1.97. The van der Waals surface area contributed by atoms with Gasteiger partial charge in [-0.2, -0.15) is 0 Å². The predicted octanol–water partition coefficient (Wildman–Crippen LogP) is 3.77. The van der Waals surface area contributed by atoms with Gasteiger partial charge in [0.15, 0.2) is 0 Å². The molecule has 0 atom stereocenters. The standard InChI is InChI=1S/C12H9N.C6H3N3O7/c1-2-6-11-9(4-1)8-10-5-3-7-13-12(10)11;10-6-4(8(13)14)1-3(7(11)12)2-5(6)9(15)16/h1-7H,8H2;1-2,10H. The Balaban J connectivity index is 0.000000168. The number of aromatic hydroxyl groups is 1. The van der Waals surface area contributed by atoms with Gasteiger partial charge in [0.1, 0.15) is 0 Å². The zero-order valence-electron chi connectivity index (χ0n) is 14.6. The predicted molar refractivity (Wildman–Crippen MR) is 101 cm³/mol. The molecule has 11 heteroatoms. The van der Waals surface area contributed by atoms with E-state index in [1.54, 1.807) is 0 Å². The van der Waals surface area contributed by atoms with Crippen LogP contribution in [0.4, 0.5) is 17.1 Å². The first-order valence-corrected chi connectivity index (χ1v) is 8.12. The molecule has 1 aliphatic carbocycles. The molecule has 1 heterocycles. The van der Waals surface area contributed by atoms with Crippen molar-refractivity contribution in [3.63, 3.8) is 0 Å². The molecule has 2 aromatic carbocycles. The van der Waals surface area contributed by atoms with Gasteiger partial charge in [-0.05, 0) is 17.2 Å². The summed E-state index contributed by atoms with van der Waals surface area (Å²) in [5.41, 5.74) is 2.22. The fourth-order valence-electron chi connectivity index (χ4n) is 2.91. The van der Waals surface area contributed by atoms with Crippen LogP contribution in [0.2, 0.25) is 0 Å². The molecular weight excluding hydrogens is 384 g/mol. The molecule has 146 valence electrons. The third-order valence-electron chi connectivity index (χ3n) is 4.20. The molecule has 0 saturated carbocycles. The third-order valence-corrected chi connectivity index (χ3v) is 4.20. The summed E-state index contributed by atoms with van der Waals surface area (Å²) in [6, 6.07) is 13.5. The molecule has 0 radical (unpaired) electrons. The zero-order valence-corrected chi connectivity index (χ0v) is 14.6. The number of hydrogen-bond donors (Lipinski definition) is 1. The summed E-state index contributed by atoms with van der Waals surface area (Å²) in [5, 5.41) is 40.2. The summed E-state index contributed by atoms with van der Waals surface area (Å²) in [4.78, 5) is 32.2. The molecule has 11 nitrogen and oxygen atoms in total. The van der Waals surface area contributed by atoms with Gasteiger partial charge in [-0.15, -0.1) is 0 Å². The first-order chi connectivity index (χ1) is 13.8. The summed E-state index contributed by atoms with van der Waals surface area (Å²) >= 11 is 0. The lowest BCUT2D eigenvalue weighted by Gasteiger charge is -1.97. The molecule has 0 amide bonds. The normalized spacial score (nSPS) is 10.9. The van der Waals surface area contributed by atoms with Crippen molar-refractivity contribution in [3.05, 3.63) is 96.2 Å². The number of rotatable bonds is 3. The average Bonchev–Trinajstić information content (AvgIpc) is 3.06. The maximum Gasteiger partial charge on any atom is 0.324 e. The van der Waals surface area contributed by atoms with E-state index in [1.807, 2.05) is 12.3 Å². The van der Waals surface area contributed by atoms with Gasteiger partial charge in [0, 0.05) is 18.2 Å². The maximum atomic E-state index is 10.4. The van der Waals surface area contributed by atoms with Crippen molar-refractivity contribution in [2.75, 3.05) is 0 Å². The highest BCUT2D eigenvalue weighted by atomic mass is 16.6. The lowest BCUT2D eigenvalue weighted by atomic mass is 10.1. The van der Waals surface area contributed by atoms with E-state index >= 15 is 0 Å². The highest BCUT2D eigenvalue weighted by Gasteiger charge is 2.30. The summed E-state index contributed by atoms with van der Waals surface area (Å²) < 4.78 is 0. The number of aromatic nitrogens is 1. The summed E-state index contributed by atoms with van der Waals surface area (Å²) in [6.45, 7) is 0. The maximum absolute atomic E-state index is 10.4. The summed E-state index contributed by atoms with van der Waals surface area (Å²) in [7, 11) is 0. The van der Waals surface area contributed by atoms with E-state index < -0.39 is 37.6 Å². The molecule has 0 spiro atoms. The monoisotopic (exact) mass is 396 g/mol. The molecule has 1 N–H and O–H groups in total. The molecule has 0 unspecified atom stereocenters. The number of nitrogens with zero attached hydrogens (tertiary/aromatic N) is 4. The van der Waals surface area contributed by atoms with E-state index in [0.29, 0.717) is 12.1 Å². The number of hydrogen-bond acceptors (Lipinski definition) is 8. The topological polar surface area (TPSA) is 163 Å².